The highest BCUT2D eigenvalue weighted by Gasteiger charge is 2.22. The Hall–Kier alpha value is -2.09. The van der Waals surface area contributed by atoms with Crippen LogP contribution in [0.5, 0.6) is 5.75 Å². The second-order valence-electron chi connectivity index (χ2n) is 5.00. The van der Waals surface area contributed by atoms with Crippen LogP contribution in [0.3, 0.4) is 0 Å². The zero-order chi connectivity index (χ0) is 17.7. The molecule has 0 saturated carbocycles. The molecular weight excluding hydrogens is 352 g/mol. The maximum Gasteiger partial charge on any atom is 0.243 e. The third-order valence-corrected chi connectivity index (χ3v) is 5.31. The highest BCUT2D eigenvalue weighted by molar-refractivity contribution is 7.89. The molecule has 0 unspecified atom stereocenters. The lowest BCUT2D eigenvalue weighted by Gasteiger charge is -2.17. The van der Waals surface area contributed by atoms with E-state index in [1.54, 1.807) is 24.3 Å². The Balaban J connectivity index is 2.06. The van der Waals surface area contributed by atoms with E-state index in [0.29, 0.717) is 16.5 Å². The normalized spacial score (nSPS) is 11.3. The van der Waals surface area contributed by atoms with Gasteiger partial charge in [-0.15, -0.1) is 0 Å². The summed E-state index contributed by atoms with van der Waals surface area (Å²) in [6, 6.07) is 12.6. The number of likely N-dealkylation sites (N-methyl/N-ethyl adjacent to an activating group) is 1. The zero-order valence-electron chi connectivity index (χ0n) is 13.2. The minimum Gasteiger partial charge on any atom is -0.497 e. The van der Waals surface area contributed by atoms with Crippen molar-refractivity contribution in [3.8, 4) is 5.75 Å². The van der Waals surface area contributed by atoms with Crippen molar-refractivity contribution in [2.24, 2.45) is 0 Å². The molecule has 0 bridgehead atoms. The fourth-order valence-electron chi connectivity index (χ4n) is 1.98. The largest absolute Gasteiger partial charge is 0.497 e. The first kappa shape index (κ1) is 18.3. The molecule has 1 N–H and O–H groups in total. The third kappa shape index (κ3) is 4.47. The Bertz CT molecular complexity index is 822. The van der Waals surface area contributed by atoms with Gasteiger partial charge in [0.1, 0.15) is 5.75 Å². The van der Waals surface area contributed by atoms with Gasteiger partial charge in [0.25, 0.3) is 0 Å². The summed E-state index contributed by atoms with van der Waals surface area (Å²) < 4.78 is 30.9. The van der Waals surface area contributed by atoms with Crippen LogP contribution in [0.4, 0.5) is 5.69 Å². The third-order valence-electron chi connectivity index (χ3n) is 3.24. The van der Waals surface area contributed by atoms with E-state index in [2.05, 4.69) is 5.32 Å². The second-order valence-corrected chi connectivity index (χ2v) is 7.48. The predicted molar refractivity (Wildman–Crippen MR) is 92.9 cm³/mol. The molecular formula is C16H17ClN2O4S. The number of carbonyl (C=O) groups is 1. The summed E-state index contributed by atoms with van der Waals surface area (Å²) >= 11 is 5.76. The molecule has 6 nitrogen and oxygen atoms in total. The maximum absolute atomic E-state index is 12.4. The second kappa shape index (κ2) is 7.65. The Kier molecular flexibility index (Phi) is 5.82. The number of nitrogens with one attached hydrogen (secondary N) is 1. The van der Waals surface area contributed by atoms with Gasteiger partial charge in [-0.25, -0.2) is 8.42 Å². The molecule has 0 aliphatic rings. The van der Waals surface area contributed by atoms with Gasteiger partial charge in [0.15, 0.2) is 0 Å². The van der Waals surface area contributed by atoms with Gasteiger partial charge in [0.2, 0.25) is 15.9 Å². The van der Waals surface area contributed by atoms with E-state index in [9.17, 15) is 13.2 Å². The van der Waals surface area contributed by atoms with Gasteiger partial charge >= 0.3 is 0 Å². The van der Waals surface area contributed by atoms with E-state index in [0.717, 1.165) is 4.31 Å². The quantitative estimate of drug-likeness (QED) is 0.850. The van der Waals surface area contributed by atoms with Crippen molar-refractivity contribution in [2.45, 2.75) is 4.90 Å². The number of carbonyl (C=O) groups excluding carboxylic acids is 1. The van der Waals surface area contributed by atoms with Crippen molar-refractivity contribution < 1.29 is 17.9 Å². The molecule has 0 heterocycles. The molecule has 0 aliphatic carbocycles. The highest BCUT2D eigenvalue weighted by Crippen LogP contribution is 2.19. The van der Waals surface area contributed by atoms with E-state index in [1.807, 2.05) is 0 Å². The number of benzene rings is 2. The number of anilines is 1. The Morgan fingerprint density at radius 3 is 2.50 bits per heavy atom. The maximum atomic E-state index is 12.4. The molecule has 0 spiro atoms. The molecule has 0 fully saturated rings. The summed E-state index contributed by atoms with van der Waals surface area (Å²) in [5.41, 5.74) is 0.525. The molecule has 0 saturated heterocycles. The molecule has 0 atom stereocenters. The molecule has 0 aromatic heterocycles. The van der Waals surface area contributed by atoms with Crippen molar-refractivity contribution in [2.75, 3.05) is 26.0 Å². The molecule has 1 amide bonds. The molecule has 8 heteroatoms. The summed E-state index contributed by atoms with van der Waals surface area (Å²) in [7, 11) is -0.903. The van der Waals surface area contributed by atoms with Crippen molar-refractivity contribution >= 4 is 33.2 Å². The standard InChI is InChI=1S/C16H17ClN2O4S/c1-19(24(21,22)15-8-6-12(17)7-9-15)11-16(20)18-13-4-3-5-14(10-13)23-2/h3-10H,11H2,1-2H3,(H,18,20). The first-order valence-electron chi connectivity index (χ1n) is 6.99. The minimum absolute atomic E-state index is 0.0728. The van der Waals surface area contributed by atoms with E-state index in [-0.39, 0.29) is 11.4 Å². The Morgan fingerprint density at radius 2 is 1.88 bits per heavy atom. The van der Waals surface area contributed by atoms with Crippen molar-refractivity contribution in [3.63, 3.8) is 0 Å². The highest BCUT2D eigenvalue weighted by atomic mass is 35.5. The first-order chi connectivity index (χ1) is 11.3. The number of ether oxygens (including phenoxy) is 1. The number of methoxy groups -OCH3 is 1. The Morgan fingerprint density at radius 1 is 1.21 bits per heavy atom. The van der Waals surface area contributed by atoms with Crippen LogP contribution in [0.25, 0.3) is 0 Å². The summed E-state index contributed by atoms with van der Waals surface area (Å²) in [6.45, 7) is -0.317. The van der Waals surface area contributed by atoms with E-state index in [4.69, 9.17) is 16.3 Å². The fraction of sp³-hybridized carbons (Fsp3) is 0.188. The van der Waals surface area contributed by atoms with Crippen molar-refractivity contribution in [1.82, 2.24) is 4.31 Å². The van der Waals surface area contributed by atoms with Gasteiger partial charge in [-0.3, -0.25) is 4.79 Å². The van der Waals surface area contributed by atoms with Gasteiger partial charge in [-0.05, 0) is 36.4 Å². The zero-order valence-corrected chi connectivity index (χ0v) is 14.8. The number of rotatable bonds is 6. The van der Waals surface area contributed by atoms with E-state index in [1.165, 1.54) is 38.4 Å². The van der Waals surface area contributed by atoms with Crippen LogP contribution in [0.2, 0.25) is 5.02 Å². The van der Waals surface area contributed by atoms with Gasteiger partial charge in [-0.2, -0.15) is 4.31 Å². The smallest absolute Gasteiger partial charge is 0.243 e. The predicted octanol–water partition coefficient (Wildman–Crippen LogP) is 2.61. The monoisotopic (exact) mass is 368 g/mol. The van der Waals surface area contributed by atoms with E-state index >= 15 is 0 Å². The van der Waals surface area contributed by atoms with Crippen LogP contribution in [0.15, 0.2) is 53.4 Å². The number of amides is 1. The number of sulfonamides is 1. The van der Waals surface area contributed by atoms with Crippen LogP contribution in [0.1, 0.15) is 0 Å². The molecule has 2 aromatic rings. The van der Waals surface area contributed by atoms with Gasteiger partial charge in [0.05, 0.1) is 18.6 Å². The van der Waals surface area contributed by atoms with Gasteiger partial charge < -0.3 is 10.1 Å². The number of hydrogen-bond acceptors (Lipinski definition) is 4. The van der Waals surface area contributed by atoms with Crippen LogP contribution in [-0.2, 0) is 14.8 Å². The summed E-state index contributed by atoms with van der Waals surface area (Å²) in [4.78, 5) is 12.1. The topological polar surface area (TPSA) is 75.7 Å². The molecule has 24 heavy (non-hydrogen) atoms. The number of hydrogen-bond donors (Lipinski definition) is 1. The van der Waals surface area contributed by atoms with Gasteiger partial charge in [-0.1, -0.05) is 17.7 Å². The molecule has 2 rings (SSSR count). The van der Waals surface area contributed by atoms with Crippen LogP contribution in [0, 0.1) is 0 Å². The lowest BCUT2D eigenvalue weighted by molar-refractivity contribution is -0.116. The lowest BCUT2D eigenvalue weighted by Crippen LogP contribution is -2.34. The Labute approximate surface area is 146 Å². The average molecular weight is 369 g/mol. The van der Waals surface area contributed by atoms with E-state index < -0.39 is 15.9 Å². The van der Waals surface area contributed by atoms with Crippen molar-refractivity contribution in [1.29, 1.82) is 0 Å². The van der Waals surface area contributed by atoms with Crippen LogP contribution < -0.4 is 10.1 Å². The minimum atomic E-state index is -3.77. The van der Waals surface area contributed by atoms with Crippen molar-refractivity contribution in [3.05, 3.63) is 53.6 Å². The number of nitrogens with zero attached hydrogens (tertiary/aromatic N) is 1. The summed E-state index contributed by atoms with van der Waals surface area (Å²) in [6.07, 6.45) is 0. The SMILES string of the molecule is COc1cccc(NC(=O)CN(C)S(=O)(=O)c2ccc(Cl)cc2)c1. The average Bonchev–Trinajstić information content (AvgIpc) is 2.55. The summed E-state index contributed by atoms with van der Waals surface area (Å²) in [5, 5.41) is 3.07. The lowest BCUT2D eigenvalue weighted by atomic mass is 10.3. The first-order valence-corrected chi connectivity index (χ1v) is 8.80. The molecule has 0 radical (unpaired) electrons. The van der Waals surface area contributed by atoms with Crippen LogP contribution >= 0.6 is 11.6 Å². The van der Waals surface area contributed by atoms with Gasteiger partial charge in [0, 0.05) is 23.8 Å². The molecule has 0 aliphatic heterocycles. The fourth-order valence-corrected chi connectivity index (χ4v) is 3.23. The van der Waals surface area contributed by atoms with Crippen LogP contribution in [-0.4, -0.2) is 39.3 Å². The molecule has 128 valence electrons. The molecule has 2 aromatic carbocycles. The number of halogens is 1. The summed E-state index contributed by atoms with van der Waals surface area (Å²) in [5.74, 6) is 0.137.